The van der Waals surface area contributed by atoms with Gasteiger partial charge in [0.1, 0.15) is 12.4 Å². The molecular weight excluding hydrogens is 397 g/mol. The molecular formula is C18H14Cl3N3O2. The molecule has 8 heteroatoms. The molecule has 0 aliphatic heterocycles. The van der Waals surface area contributed by atoms with Crippen LogP contribution < -0.4 is 14.8 Å². The van der Waals surface area contributed by atoms with Crippen LogP contribution in [-0.4, -0.2) is 17.1 Å². The number of nitrogens with one attached hydrogen (secondary N) is 1. The molecule has 134 valence electrons. The van der Waals surface area contributed by atoms with Gasteiger partial charge in [-0.2, -0.15) is 4.98 Å². The van der Waals surface area contributed by atoms with Gasteiger partial charge in [0.25, 0.3) is 0 Å². The Morgan fingerprint density at radius 1 is 1.00 bits per heavy atom. The molecule has 1 heterocycles. The van der Waals surface area contributed by atoms with Gasteiger partial charge in [-0.1, -0.05) is 40.9 Å². The Morgan fingerprint density at radius 3 is 2.62 bits per heavy atom. The van der Waals surface area contributed by atoms with Gasteiger partial charge in [0.2, 0.25) is 11.8 Å². The number of nitrogens with zero attached hydrogens (tertiary/aromatic N) is 2. The summed E-state index contributed by atoms with van der Waals surface area (Å²) in [5, 5.41) is 4.66. The van der Waals surface area contributed by atoms with Crippen LogP contribution in [0.15, 0.2) is 48.7 Å². The summed E-state index contributed by atoms with van der Waals surface area (Å²) in [6.07, 6.45) is 1.60. The third kappa shape index (κ3) is 4.69. The second-order valence-corrected chi connectivity index (χ2v) is 6.47. The van der Waals surface area contributed by atoms with Gasteiger partial charge in [-0.05, 0) is 24.3 Å². The topological polar surface area (TPSA) is 56.3 Å². The van der Waals surface area contributed by atoms with Crippen molar-refractivity contribution in [3.8, 4) is 11.6 Å². The quantitative estimate of drug-likeness (QED) is 0.559. The molecule has 3 rings (SSSR count). The van der Waals surface area contributed by atoms with E-state index >= 15 is 0 Å². The highest BCUT2D eigenvalue weighted by atomic mass is 35.5. The Kier molecular flexibility index (Phi) is 6.04. The number of rotatable bonds is 6. The molecule has 0 fully saturated rings. The van der Waals surface area contributed by atoms with Crippen LogP contribution in [0, 0.1) is 0 Å². The fraction of sp³-hybridized carbons (Fsp3) is 0.111. The van der Waals surface area contributed by atoms with E-state index in [0.717, 1.165) is 11.3 Å². The van der Waals surface area contributed by atoms with Crippen molar-refractivity contribution in [1.82, 2.24) is 9.97 Å². The molecule has 0 radical (unpaired) electrons. The third-order valence-electron chi connectivity index (χ3n) is 3.42. The highest BCUT2D eigenvalue weighted by molar-refractivity contribution is 6.35. The Morgan fingerprint density at radius 2 is 1.85 bits per heavy atom. The summed E-state index contributed by atoms with van der Waals surface area (Å²) in [4.78, 5) is 8.35. The van der Waals surface area contributed by atoms with Gasteiger partial charge >= 0.3 is 0 Å². The largest absolute Gasteiger partial charge is 0.487 e. The van der Waals surface area contributed by atoms with Crippen LogP contribution in [0.1, 0.15) is 5.56 Å². The number of methoxy groups -OCH3 is 1. The van der Waals surface area contributed by atoms with Gasteiger partial charge in [0.15, 0.2) is 0 Å². The average molecular weight is 411 g/mol. The number of aromatic nitrogens is 2. The second-order valence-electron chi connectivity index (χ2n) is 5.22. The third-order valence-corrected chi connectivity index (χ3v) is 4.32. The Labute approximate surface area is 165 Å². The highest BCUT2D eigenvalue weighted by Crippen LogP contribution is 2.30. The molecule has 0 amide bonds. The number of ether oxygens (including phenoxy) is 2. The normalized spacial score (nSPS) is 10.5. The first-order chi connectivity index (χ1) is 12.5. The number of anilines is 2. The first-order valence-corrected chi connectivity index (χ1v) is 8.69. The summed E-state index contributed by atoms with van der Waals surface area (Å²) in [6, 6.07) is 12.2. The van der Waals surface area contributed by atoms with Gasteiger partial charge < -0.3 is 14.8 Å². The summed E-state index contributed by atoms with van der Waals surface area (Å²) >= 11 is 18.3. The van der Waals surface area contributed by atoms with Gasteiger partial charge in [-0.15, -0.1) is 0 Å². The lowest BCUT2D eigenvalue weighted by Gasteiger charge is -2.12. The van der Waals surface area contributed by atoms with Crippen molar-refractivity contribution < 1.29 is 9.47 Å². The summed E-state index contributed by atoms with van der Waals surface area (Å²) in [5.74, 6) is 1.37. The van der Waals surface area contributed by atoms with Crippen molar-refractivity contribution in [1.29, 1.82) is 0 Å². The van der Waals surface area contributed by atoms with Crippen LogP contribution in [0.25, 0.3) is 0 Å². The predicted octanol–water partition coefficient (Wildman–Crippen LogP) is 5.77. The first kappa shape index (κ1) is 18.6. The standard InChI is InChI=1S/C18H14Cl3N3O2/c1-25-17-6-7-22-18(24-17)23-13-4-5-14(20)16(9-13)26-10-11-2-3-12(19)8-15(11)21/h2-9H,10H2,1H3,(H,22,23,24). The average Bonchev–Trinajstić information content (AvgIpc) is 2.63. The van der Waals surface area contributed by atoms with E-state index in [1.165, 1.54) is 0 Å². The molecule has 0 aliphatic carbocycles. The van der Waals surface area contributed by atoms with E-state index in [1.54, 1.807) is 49.7 Å². The van der Waals surface area contributed by atoms with Crippen LogP contribution in [0.2, 0.25) is 15.1 Å². The SMILES string of the molecule is COc1ccnc(Nc2ccc(Cl)c(OCc3ccc(Cl)cc3Cl)c2)n1. The van der Waals surface area contributed by atoms with Crippen molar-refractivity contribution in [2.75, 3.05) is 12.4 Å². The van der Waals surface area contributed by atoms with Crippen LogP contribution >= 0.6 is 34.8 Å². The van der Waals surface area contributed by atoms with Crippen LogP contribution in [0.5, 0.6) is 11.6 Å². The minimum Gasteiger partial charge on any atom is -0.487 e. The molecule has 1 aromatic heterocycles. The first-order valence-electron chi connectivity index (χ1n) is 7.55. The molecule has 5 nitrogen and oxygen atoms in total. The number of hydrogen-bond donors (Lipinski definition) is 1. The van der Waals surface area contributed by atoms with Gasteiger partial charge in [-0.25, -0.2) is 4.98 Å². The summed E-state index contributed by atoms with van der Waals surface area (Å²) < 4.78 is 10.9. The molecule has 0 spiro atoms. The van der Waals surface area contributed by atoms with Crippen molar-refractivity contribution in [2.45, 2.75) is 6.61 Å². The molecule has 0 bridgehead atoms. The molecule has 0 unspecified atom stereocenters. The van der Waals surface area contributed by atoms with E-state index in [9.17, 15) is 0 Å². The van der Waals surface area contributed by atoms with Gasteiger partial charge in [0.05, 0.1) is 12.1 Å². The van der Waals surface area contributed by atoms with Crippen molar-refractivity contribution in [3.05, 3.63) is 69.3 Å². The highest BCUT2D eigenvalue weighted by Gasteiger charge is 2.08. The van der Waals surface area contributed by atoms with E-state index in [4.69, 9.17) is 44.3 Å². The van der Waals surface area contributed by atoms with Crippen molar-refractivity contribution >= 4 is 46.4 Å². The van der Waals surface area contributed by atoms with Gasteiger partial charge in [-0.3, -0.25) is 0 Å². The molecule has 0 aliphatic rings. The molecule has 2 aromatic carbocycles. The molecule has 26 heavy (non-hydrogen) atoms. The number of hydrogen-bond acceptors (Lipinski definition) is 5. The summed E-state index contributed by atoms with van der Waals surface area (Å²) in [5.41, 5.74) is 1.53. The van der Waals surface area contributed by atoms with Crippen molar-refractivity contribution in [3.63, 3.8) is 0 Å². The maximum Gasteiger partial charge on any atom is 0.230 e. The van der Waals surface area contributed by atoms with E-state index in [0.29, 0.717) is 32.6 Å². The van der Waals surface area contributed by atoms with E-state index < -0.39 is 0 Å². The van der Waals surface area contributed by atoms with E-state index in [1.807, 2.05) is 6.07 Å². The zero-order valence-corrected chi connectivity index (χ0v) is 15.9. The fourth-order valence-corrected chi connectivity index (χ4v) is 2.77. The minimum absolute atomic E-state index is 0.259. The minimum atomic E-state index is 0.259. The Bertz CT molecular complexity index is 922. The zero-order chi connectivity index (χ0) is 18.5. The van der Waals surface area contributed by atoms with Gasteiger partial charge in [0, 0.05) is 39.6 Å². The fourth-order valence-electron chi connectivity index (χ4n) is 2.13. The maximum absolute atomic E-state index is 6.22. The van der Waals surface area contributed by atoms with Crippen LogP contribution in [0.4, 0.5) is 11.6 Å². The maximum atomic E-state index is 6.22. The Balaban J connectivity index is 1.74. The monoisotopic (exact) mass is 409 g/mol. The summed E-state index contributed by atoms with van der Waals surface area (Å²) in [6.45, 7) is 0.259. The second kappa shape index (κ2) is 8.45. The zero-order valence-electron chi connectivity index (χ0n) is 13.7. The smallest absolute Gasteiger partial charge is 0.230 e. The molecule has 3 aromatic rings. The van der Waals surface area contributed by atoms with E-state index in [-0.39, 0.29) is 6.61 Å². The molecule has 0 saturated heterocycles. The van der Waals surface area contributed by atoms with Crippen LogP contribution in [-0.2, 0) is 6.61 Å². The Hall–Kier alpha value is -2.21. The number of benzene rings is 2. The van der Waals surface area contributed by atoms with Crippen molar-refractivity contribution in [2.24, 2.45) is 0 Å². The summed E-state index contributed by atoms with van der Waals surface area (Å²) in [7, 11) is 1.54. The predicted molar refractivity (Wildman–Crippen MR) is 104 cm³/mol. The lowest BCUT2D eigenvalue weighted by molar-refractivity contribution is 0.306. The van der Waals surface area contributed by atoms with E-state index in [2.05, 4.69) is 15.3 Å². The number of halogens is 3. The molecule has 1 N–H and O–H groups in total. The molecule has 0 saturated carbocycles. The molecule has 0 atom stereocenters. The lowest BCUT2D eigenvalue weighted by atomic mass is 10.2. The van der Waals surface area contributed by atoms with Crippen LogP contribution in [0.3, 0.4) is 0 Å². The lowest BCUT2D eigenvalue weighted by Crippen LogP contribution is -2.00.